The lowest BCUT2D eigenvalue weighted by atomic mass is 9.92. The van der Waals surface area contributed by atoms with Crippen LogP contribution in [0, 0.1) is 11.6 Å². The minimum atomic E-state index is -1.01. The molecule has 0 amide bonds. The van der Waals surface area contributed by atoms with Gasteiger partial charge >= 0.3 is 0 Å². The third-order valence-corrected chi connectivity index (χ3v) is 10.9. The summed E-state index contributed by atoms with van der Waals surface area (Å²) in [4.78, 5) is 0. The second-order valence-corrected chi connectivity index (χ2v) is 13.6. The van der Waals surface area contributed by atoms with E-state index in [9.17, 15) is 8.78 Å². The van der Waals surface area contributed by atoms with Gasteiger partial charge in [0.05, 0.1) is 8.07 Å². The van der Waals surface area contributed by atoms with Crippen LogP contribution < -0.4 is 0 Å². The molecule has 0 atom stereocenters. The topological polar surface area (TPSA) is 0 Å². The standard InChI is InChI=1S/C22H27ClF2Si/c1-3-4-11-26(2)12-9-18(10-13-26)16-5-7-17(8-6-16)19-14-20(24)22(23)21(25)15-19/h5-8,14-15,18H,3-4,9-13H2,1-2H3/t18-,26-. The van der Waals surface area contributed by atoms with Crippen LogP contribution in [0.3, 0.4) is 0 Å². The van der Waals surface area contributed by atoms with Gasteiger partial charge in [0.25, 0.3) is 0 Å². The Hall–Kier alpha value is -1.19. The van der Waals surface area contributed by atoms with Crippen molar-refractivity contribution < 1.29 is 8.78 Å². The summed E-state index contributed by atoms with van der Waals surface area (Å²) in [5.74, 6) is -0.798. The lowest BCUT2D eigenvalue weighted by Gasteiger charge is -2.36. The third kappa shape index (κ3) is 4.37. The molecular formula is C22H27ClF2Si. The number of hydrogen-bond donors (Lipinski definition) is 0. The highest BCUT2D eigenvalue weighted by Crippen LogP contribution is 2.41. The summed E-state index contributed by atoms with van der Waals surface area (Å²) in [7, 11) is -1.01. The average molecular weight is 393 g/mol. The molecule has 2 aromatic carbocycles. The zero-order valence-corrected chi connectivity index (χ0v) is 17.4. The molecule has 0 radical (unpaired) electrons. The van der Waals surface area contributed by atoms with Gasteiger partial charge in [-0.2, -0.15) is 0 Å². The van der Waals surface area contributed by atoms with E-state index in [0.29, 0.717) is 11.5 Å². The number of hydrogen-bond acceptors (Lipinski definition) is 0. The maximum atomic E-state index is 13.7. The zero-order valence-electron chi connectivity index (χ0n) is 15.6. The quantitative estimate of drug-likeness (QED) is 0.356. The van der Waals surface area contributed by atoms with E-state index in [4.69, 9.17) is 11.6 Å². The van der Waals surface area contributed by atoms with Crippen LogP contribution in [0.4, 0.5) is 8.78 Å². The molecule has 0 unspecified atom stereocenters. The molecule has 1 aliphatic heterocycles. The summed E-state index contributed by atoms with van der Waals surface area (Å²) in [6, 6.07) is 15.1. The molecular weight excluding hydrogens is 366 g/mol. The molecule has 1 heterocycles. The molecule has 0 saturated carbocycles. The van der Waals surface area contributed by atoms with Gasteiger partial charge in [-0.15, -0.1) is 0 Å². The Morgan fingerprint density at radius 3 is 2.12 bits per heavy atom. The highest BCUT2D eigenvalue weighted by atomic mass is 35.5. The van der Waals surface area contributed by atoms with Crippen molar-refractivity contribution in [1.29, 1.82) is 0 Å². The van der Waals surface area contributed by atoms with Crippen molar-refractivity contribution in [1.82, 2.24) is 0 Å². The fourth-order valence-electron chi connectivity index (χ4n) is 4.17. The van der Waals surface area contributed by atoms with Gasteiger partial charge in [0, 0.05) is 0 Å². The predicted octanol–water partition coefficient (Wildman–Crippen LogP) is 8.04. The highest BCUT2D eigenvalue weighted by Gasteiger charge is 2.32. The largest absolute Gasteiger partial charge is 0.205 e. The van der Waals surface area contributed by atoms with E-state index < -0.39 is 24.7 Å². The van der Waals surface area contributed by atoms with Crippen LogP contribution in [0.5, 0.6) is 0 Å². The lowest BCUT2D eigenvalue weighted by molar-refractivity contribution is 0.585. The van der Waals surface area contributed by atoms with Crippen molar-refractivity contribution in [3.63, 3.8) is 0 Å². The zero-order chi connectivity index (χ0) is 18.7. The van der Waals surface area contributed by atoms with E-state index in [1.54, 1.807) is 0 Å². The van der Waals surface area contributed by atoms with Gasteiger partial charge < -0.3 is 0 Å². The highest BCUT2D eigenvalue weighted by molar-refractivity contribution is 6.78. The van der Waals surface area contributed by atoms with Crippen LogP contribution in [-0.2, 0) is 0 Å². The first-order valence-electron chi connectivity index (χ1n) is 9.67. The van der Waals surface area contributed by atoms with E-state index in [2.05, 4.69) is 25.6 Å². The van der Waals surface area contributed by atoms with Gasteiger partial charge in [-0.1, -0.05) is 80.3 Å². The Balaban J connectivity index is 1.69. The first-order valence-corrected chi connectivity index (χ1v) is 13.2. The monoisotopic (exact) mass is 392 g/mol. The Labute approximate surface area is 161 Å². The Bertz CT molecular complexity index is 726. The van der Waals surface area contributed by atoms with Crippen molar-refractivity contribution in [2.24, 2.45) is 0 Å². The van der Waals surface area contributed by atoms with Gasteiger partial charge in [-0.05, 0) is 47.6 Å². The van der Waals surface area contributed by atoms with E-state index in [1.807, 2.05) is 12.1 Å². The average Bonchev–Trinajstić information content (AvgIpc) is 2.65. The van der Waals surface area contributed by atoms with Gasteiger partial charge in [0.2, 0.25) is 0 Å². The number of unbranched alkanes of at least 4 members (excludes halogenated alkanes) is 1. The first kappa shape index (κ1) is 19.6. The molecule has 2 aromatic rings. The molecule has 0 aliphatic carbocycles. The molecule has 26 heavy (non-hydrogen) atoms. The van der Waals surface area contributed by atoms with Crippen LogP contribution in [-0.4, -0.2) is 8.07 Å². The van der Waals surface area contributed by atoms with E-state index in [0.717, 1.165) is 5.56 Å². The Kier molecular flexibility index (Phi) is 6.19. The van der Waals surface area contributed by atoms with E-state index >= 15 is 0 Å². The second-order valence-electron chi connectivity index (χ2n) is 8.06. The summed E-state index contributed by atoms with van der Waals surface area (Å²) < 4.78 is 27.4. The van der Waals surface area contributed by atoms with Gasteiger partial charge in [0.15, 0.2) is 0 Å². The minimum Gasteiger partial charge on any atom is -0.205 e. The third-order valence-electron chi connectivity index (χ3n) is 6.03. The molecule has 0 N–H and O–H groups in total. The molecule has 140 valence electrons. The van der Waals surface area contributed by atoms with Crippen LogP contribution in [0.1, 0.15) is 44.1 Å². The Morgan fingerprint density at radius 1 is 1.00 bits per heavy atom. The summed E-state index contributed by atoms with van der Waals surface area (Å²) in [6.07, 6.45) is 5.27. The molecule has 0 bridgehead atoms. The maximum Gasteiger partial charge on any atom is 0.145 e. The van der Waals surface area contributed by atoms with Crippen LogP contribution in [0.2, 0.25) is 29.7 Å². The molecule has 1 fully saturated rings. The van der Waals surface area contributed by atoms with Crippen molar-refractivity contribution in [3.05, 3.63) is 58.6 Å². The summed E-state index contributed by atoms with van der Waals surface area (Å²) in [6.45, 7) is 4.86. The van der Waals surface area contributed by atoms with Crippen molar-refractivity contribution in [2.75, 3.05) is 0 Å². The Morgan fingerprint density at radius 2 is 1.58 bits per heavy atom. The molecule has 0 aromatic heterocycles. The lowest BCUT2D eigenvalue weighted by Crippen LogP contribution is -2.34. The van der Waals surface area contributed by atoms with Crippen molar-refractivity contribution >= 4 is 19.7 Å². The number of benzene rings is 2. The fraction of sp³-hybridized carbons (Fsp3) is 0.455. The first-order chi connectivity index (χ1) is 12.4. The van der Waals surface area contributed by atoms with Gasteiger partial charge in [-0.25, -0.2) is 8.78 Å². The predicted molar refractivity (Wildman–Crippen MR) is 110 cm³/mol. The fourth-order valence-corrected chi connectivity index (χ4v) is 8.33. The summed E-state index contributed by atoms with van der Waals surface area (Å²) in [5.41, 5.74) is 2.70. The maximum absolute atomic E-state index is 13.7. The van der Waals surface area contributed by atoms with Crippen LogP contribution in [0.25, 0.3) is 11.1 Å². The number of rotatable bonds is 5. The summed E-state index contributed by atoms with van der Waals surface area (Å²) in [5, 5.41) is -0.442. The molecule has 0 nitrogen and oxygen atoms in total. The smallest absolute Gasteiger partial charge is 0.145 e. The summed E-state index contributed by atoms with van der Waals surface area (Å²) >= 11 is 5.57. The van der Waals surface area contributed by atoms with Crippen LogP contribution in [0.15, 0.2) is 36.4 Å². The molecule has 3 rings (SSSR count). The molecule has 0 spiro atoms. The second kappa shape index (κ2) is 8.22. The van der Waals surface area contributed by atoms with E-state index in [-0.39, 0.29) is 0 Å². The molecule has 1 saturated heterocycles. The minimum absolute atomic E-state index is 0.442. The SMILES string of the molecule is CCCC[Si@]1(C)CC[C@@H](c2ccc(-c3cc(F)c(Cl)c(F)c3)cc2)CC1. The van der Waals surface area contributed by atoms with Gasteiger partial charge in [-0.3, -0.25) is 0 Å². The van der Waals surface area contributed by atoms with Crippen molar-refractivity contribution in [3.8, 4) is 11.1 Å². The van der Waals surface area contributed by atoms with E-state index in [1.165, 1.54) is 61.5 Å². The molecule has 1 aliphatic rings. The van der Waals surface area contributed by atoms with Gasteiger partial charge in [0.1, 0.15) is 16.7 Å². The molecule has 4 heteroatoms. The van der Waals surface area contributed by atoms with Crippen molar-refractivity contribution in [2.45, 2.75) is 63.2 Å². The van der Waals surface area contributed by atoms with Crippen LogP contribution >= 0.6 is 11.6 Å². The normalized spacial score (nSPS) is 23.2. The number of halogens is 3.